The van der Waals surface area contributed by atoms with Gasteiger partial charge in [-0.2, -0.15) is 0 Å². The Morgan fingerprint density at radius 3 is 2.75 bits per heavy atom. The quantitative estimate of drug-likeness (QED) is 0.906. The number of nitrogens with two attached hydrogens (primary N) is 1. The van der Waals surface area contributed by atoms with E-state index in [4.69, 9.17) is 5.73 Å². The average Bonchev–Trinajstić information content (AvgIpc) is 2.29. The van der Waals surface area contributed by atoms with Crippen LogP contribution >= 0.6 is 15.9 Å². The molecule has 2 rings (SSSR count). The van der Waals surface area contributed by atoms with Gasteiger partial charge < -0.3 is 10.6 Å². The summed E-state index contributed by atoms with van der Waals surface area (Å²) in [5.74, 6) is 0.772. The fourth-order valence-corrected chi connectivity index (χ4v) is 2.32. The van der Waals surface area contributed by atoms with Gasteiger partial charge in [-0.05, 0) is 47.3 Å². The standard InChI is InChI=1S/C11H15BrFN3/c12-9-5-10(13)11(15-7-9)16-3-1-8(6-14)2-4-16/h5,7-8H,1-4,6,14H2. The molecule has 1 aliphatic rings. The summed E-state index contributed by atoms with van der Waals surface area (Å²) in [6, 6.07) is 1.46. The van der Waals surface area contributed by atoms with E-state index < -0.39 is 0 Å². The predicted molar refractivity (Wildman–Crippen MR) is 65.9 cm³/mol. The average molecular weight is 288 g/mol. The highest BCUT2D eigenvalue weighted by Crippen LogP contribution is 2.24. The molecular formula is C11H15BrFN3. The van der Waals surface area contributed by atoms with E-state index in [1.807, 2.05) is 4.90 Å². The first-order chi connectivity index (χ1) is 7.70. The predicted octanol–water partition coefficient (Wildman–Crippen LogP) is 2.16. The van der Waals surface area contributed by atoms with Crippen molar-refractivity contribution in [2.75, 3.05) is 24.5 Å². The Morgan fingerprint density at radius 2 is 2.19 bits per heavy atom. The van der Waals surface area contributed by atoms with Crippen LogP contribution in [0.25, 0.3) is 0 Å². The molecule has 5 heteroatoms. The molecule has 88 valence electrons. The molecule has 0 saturated carbocycles. The van der Waals surface area contributed by atoms with Gasteiger partial charge in [0.1, 0.15) is 0 Å². The highest BCUT2D eigenvalue weighted by atomic mass is 79.9. The van der Waals surface area contributed by atoms with Crippen LogP contribution in [0.3, 0.4) is 0 Å². The lowest BCUT2D eigenvalue weighted by Crippen LogP contribution is -2.37. The molecule has 2 heterocycles. The summed E-state index contributed by atoms with van der Waals surface area (Å²) in [6.45, 7) is 2.41. The van der Waals surface area contributed by atoms with Crippen molar-refractivity contribution in [3.05, 3.63) is 22.6 Å². The Hall–Kier alpha value is -0.680. The van der Waals surface area contributed by atoms with Gasteiger partial charge in [0.25, 0.3) is 0 Å². The molecule has 0 bridgehead atoms. The highest BCUT2D eigenvalue weighted by Gasteiger charge is 2.21. The number of hydrogen-bond donors (Lipinski definition) is 1. The second-order valence-electron chi connectivity index (χ2n) is 4.13. The molecule has 0 radical (unpaired) electrons. The number of piperidine rings is 1. The molecule has 1 aliphatic heterocycles. The topological polar surface area (TPSA) is 42.1 Å². The largest absolute Gasteiger partial charge is 0.354 e. The van der Waals surface area contributed by atoms with E-state index in [1.54, 1.807) is 6.20 Å². The molecule has 1 saturated heterocycles. The molecule has 0 atom stereocenters. The van der Waals surface area contributed by atoms with Gasteiger partial charge in [-0.15, -0.1) is 0 Å². The number of anilines is 1. The minimum atomic E-state index is -0.263. The smallest absolute Gasteiger partial charge is 0.166 e. The zero-order chi connectivity index (χ0) is 11.5. The molecule has 0 aliphatic carbocycles. The molecule has 3 nitrogen and oxygen atoms in total. The van der Waals surface area contributed by atoms with Crippen LogP contribution in [0.1, 0.15) is 12.8 Å². The van der Waals surface area contributed by atoms with Crippen molar-refractivity contribution >= 4 is 21.7 Å². The second kappa shape index (κ2) is 5.10. The molecule has 1 fully saturated rings. The second-order valence-corrected chi connectivity index (χ2v) is 5.04. The monoisotopic (exact) mass is 287 g/mol. The van der Waals surface area contributed by atoms with E-state index >= 15 is 0 Å². The van der Waals surface area contributed by atoms with Crippen LogP contribution < -0.4 is 10.6 Å². The van der Waals surface area contributed by atoms with Gasteiger partial charge in [-0.25, -0.2) is 9.37 Å². The van der Waals surface area contributed by atoms with Gasteiger partial charge in [-0.1, -0.05) is 0 Å². The van der Waals surface area contributed by atoms with Gasteiger partial charge in [-0.3, -0.25) is 0 Å². The zero-order valence-electron chi connectivity index (χ0n) is 9.00. The number of nitrogens with zero attached hydrogens (tertiary/aromatic N) is 2. The van der Waals surface area contributed by atoms with E-state index in [0.29, 0.717) is 16.2 Å². The van der Waals surface area contributed by atoms with Crippen LogP contribution in [0.4, 0.5) is 10.2 Å². The van der Waals surface area contributed by atoms with Crippen LogP contribution in [0.15, 0.2) is 16.7 Å². The van der Waals surface area contributed by atoms with Crippen molar-refractivity contribution in [3.63, 3.8) is 0 Å². The SMILES string of the molecule is NCC1CCN(c2ncc(Br)cc2F)CC1. The number of hydrogen-bond acceptors (Lipinski definition) is 3. The lowest BCUT2D eigenvalue weighted by atomic mass is 9.97. The summed E-state index contributed by atoms with van der Waals surface area (Å²) in [5, 5.41) is 0. The van der Waals surface area contributed by atoms with Crippen LogP contribution in [0, 0.1) is 11.7 Å². The van der Waals surface area contributed by atoms with Crippen LogP contribution in [-0.2, 0) is 0 Å². The van der Waals surface area contributed by atoms with Gasteiger partial charge in [0, 0.05) is 23.8 Å². The molecule has 2 N–H and O–H groups in total. The summed E-state index contributed by atoms with van der Waals surface area (Å²) in [5.41, 5.74) is 5.62. The summed E-state index contributed by atoms with van der Waals surface area (Å²) >= 11 is 3.20. The van der Waals surface area contributed by atoms with E-state index in [2.05, 4.69) is 20.9 Å². The summed E-state index contributed by atoms with van der Waals surface area (Å²) < 4.78 is 14.3. The molecule has 0 spiro atoms. The zero-order valence-corrected chi connectivity index (χ0v) is 10.6. The Bertz CT molecular complexity index is 364. The maximum Gasteiger partial charge on any atom is 0.166 e. The van der Waals surface area contributed by atoms with Gasteiger partial charge in [0.2, 0.25) is 0 Å². The van der Waals surface area contributed by atoms with Gasteiger partial charge in [0.05, 0.1) is 0 Å². The number of aromatic nitrogens is 1. The van der Waals surface area contributed by atoms with Crippen LogP contribution in [-0.4, -0.2) is 24.6 Å². The van der Waals surface area contributed by atoms with Crippen molar-refractivity contribution in [3.8, 4) is 0 Å². The molecule has 0 amide bonds. The maximum absolute atomic E-state index is 13.7. The maximum atomic E-state index is 13.7. The highest BCUT2D eigenvalue weighted by molar-refractivity contribution is 9.10. The van der Waals surface area contributed by atoms with Crippen molar-refractivity contribution in [1.82, 2.24) is 4.98 Å². The summed E-state index contributed by atoms with van der Waals surface area (Å²) in [6.07, 6.45) is 3.68. The molecule has 0 unspecified atom stereocenters. The van der Waals surface area contributed by atoms with Gasteiger partial charge >= 0.3 is 0 Å². The first-order valence-corrected chi connectivity index (χ1v) is 6.26. The molecule has 16 heavy (non-hydrogen) atoms. The van der Waals surface area contributed by atoms with E-state index in [0.717, 1.165) is 32.5 Å². The van der Waals surface area contributed by atoms with Crippen molar-refractivity contribution < 1.29 is 4.39 Å². The fourth-order valence-electron chi connectivity index (χ4n) is 2.02. The molecule has 1 aromatic rings. The molecular weight excluding hydrogens is 273 g/mol. The fraction of sp³-hybridized carbons (Fsp3) is 0.545. The first-order valence-electron chi connectivity index (χ1n) is 5.46. The Balaban J connectivity index is 2.08. The number of rotatable bonds is 2. The summed E-state index contributed by atoms with van der Waals surface area (Å²) in [7, 11) is 0. The van der Waals surface area contributed by atoms with E-state index in [1.165, 1.54) is 6.07 Å². The third kappa shape index (κ3) is 2.52. The third-order valence-electron chi connectivity index (χ3n) is 3.04. The normalized spacial score (nSPS) is 17.8. The molecule has 1 aromatic heterocycles. The Kier molecular flexibility index (Phi) is 3.76. The Labute approximate surface area is 103 Å². The molecule has 0 aromatic carbocycles. The Morgan fingerprint density at radius 1 is 1.50 bits per heavy atom. The van der Waals surface area contributed by atoms with E-state index in [-0.39, 0.29) is 5.82 Å². The summed E-state index contributed by atoms with van der Waals surface area (Å²) in [4.78, 5) is 6.12. The minimum Gasteiger partial charge on any atom is -0.354 e. The van der Waals surface area contributed by atoms with Crippen molar-refractivity contribution in [2.45, 2.75) is 12.8 Å². The number of halogens is 2. The third-order valence-corrected chi connectivity index (χ3v) is 3.47. The van der Waals surface area contributed by atoms with Crippen LogP contribution in [0.5, 0.6) is 0 Å². The first kappa shape index (κ1) is 11.8. The lowest BCUT2D eigenvalue weighted by Gasteiger charge is -2.32. The minimum absolute atomic E-state index is 0.263. The number of pyridine rings is 1. The van der Waals surface area contributed by atoms with E-state index in [9.17, 15) is 4.39 Å². The van der Waals surface area contributed by atoms with Crippen molar-refractivity contribution in [2.24, 2.45) is 11.7 Å². The lowest BCUT2D eigenvalue weighted by molar-refractivity contribution is 0.409. The van der Waals surface area contributed by atoms with Crippen LogP contribution in [0.2, 0.25) is 0 Å². The van der Waals surface area contributed by atoms with Crippen molar-refractivity contribution in [1.29, 1.82) is 0 Å². The van der Waals surface area contributed by atoms with Gasteiger partial charge in [0.15, 0.2) is 11.6 Å².